The van der Waals surface area contributed by atoms with E-state index in [0.717, 1.165) is 5.56 Å². The van der Waals surface area contributed by atoms with Crippen LogP contribution < -0.4 is 5.32 Å². The Morgan fingerprint density at radius 3 is 2.59 bits per heavy atom. The molecule has 6 heteroatoms. The van der Waals surface area contributed by atoms with Crippen LogP contribution in [0.3, 0.4) is 0 Å². The van der Waals surface area contributed by atoms with Crippen LogP contribution in [0.15, 0.2) is 18.2 Å². The Balaban J connectivity index is 2.46. The number of hydrogen-bond donors (Lipinski definition) is 1. The Bertz CT molecular complexity index is 515. The van der Waals surface area contributed by atoms with E-state index in [2.05, 4.69) is 5.32 Å². The maximum Gasteiger partial charge on any atom is 0.410 e. The van der Waals surface area contributed by atoms with E-state index in [1.165, 1.54) is 0 Å². The lowest BCUT2D eigenvalue weighted by Crippen LogP contribution is -2.38. The van der Waals surface area contributed by atoms with Gasteiger partial charge in [0, 0.05) is 36.2 Å². The van der Waals surface area contributed by atoms with Crippen LogP contribution in [0, 0.1) is 0 Å². The summed E-state index contributed by atoms with van der Waals surface area (Å²) in [6.07, 6.45) is -0.331. The van der Waals surface area contributed by atoms with Crippen molar-refractivity contribution in [3.8, 4) is 0 Å². The van der Waals surface area contributed by atoms with Gasteiger partial charge < -0.3 is 15.0 Å². The molecule has 0 heterocycles. The average Bonchev–Trinajstić information content (AvgIpc) is 2.39. The van der Waals surface area contributed by atoms with Crippen molar-refractivity contribution in [1.82, 2.24) is 10.2 Å². The number of rotatable bonds is 5. The summed E-state index contributed by atoms with van der Waals surface area (Å²) >= 11 is 12.2. The van der Waals surface area contributed by atoms with E-state index < -0.39 is 5.60 Å². The summed E-state index contributed by atoms with van der Waals surface area (Å²) in [5, 5.41) is 4.65. The second kappa shape index (κ2) is 8.04. The van der Waals surface area contributed by atoms with Gasteiger partial charge in [-0.15, -0.1) is 0 Å². The van der Waals surface area contributed by atoms with Gasteiger partial charge in [0.1, 0.15) is 5.60 Å². The molecule has 0 fully saturated rings. The van der Waals surface area contributed by atoms with E-state index in [0.29, 0.717) is 23.1 Å². The maximum atomic E-state index is 11.8. The fourth-order valence-electron chi connectivity index (χ4n) is 1.84. The first kappa shape index (κ1) is 19.1. The van der Waals surface area contributed by atoms with E-state index in [9.17, 15) is 4.79 Å². The molecular weight excluding hydrogens is 323 g/mol. The van der Waals surface area contributed by atoms with Gasteiger partial charge >= 0.3 is 6.09 Å². The molecule has 0 radical (unpaired) electrons. The van der Waals surface area contributed by atoms with Crippen LogP contribution in [0.1, 0.15) is 39.3 Å². The van der Waals surface area contributed by atoms with Crippen molar-refractivity contribution in [2.24, 2.45) is 0 Å². The van der Waals surface area contributed by atoms with Gasteiger partial charge in [0.25, 0.3) is 0 Å². The predicted octanol–water partition coefficient (Wildman–Crippen LogP) is 4.51. The molecule has 0 saturated carbocycles. The molecule has 0 saturated heterocycles. The minimum absolute atomic E-state index is 0.0400. The number of carbonyl (C=O) groups is 1. The molecule has 1 rings (SSSR count). The van der Waals surface area contributed by atoms with Crippen molar-refractivity contribution in [2.45, 2.75) is 39.3 Å². The summed E-state index contributed by atoms with van der Waals surface area (Å²) in [4.78, 5) is 13.4. The van der Waals surface area contributed by atoms with Crippen molar-refractivity contribution >= 4 is 29.3 Å². The summed E-state index contributed by atoms with van der Waals surface area (Å²) in [7, 11) is 1.72. The molecule has 124 valence electrons. The summed E-state index contributed by atoms with van der Waals surface area (Å²) in [5.41, 5.74) is 0.453. The summed E-state index contributed by atoms with van der Waals surface area (Å²) in [6.45, 7) is 8.71. The van der Waals surface area contributed by atoms with Gasteiger partial charge in [-0.25, -0.2) is 4.79 Å². The molecule has 0 bridgehead atoms. The van der Waals surface area contributed by atoms with Gasteiger partial charge in [0.05, 0.1) is 0 Å². The molecular formula is C16H24Cl2N2O2. The molecule has 0 aliphatic rings. The predicted molar refractivity (Wildman–Crippen MR) is 91.7 cm³/mol. The molecule has 0 spiro atoms. The zero-order chi connectivity index (χ0) is 16.9. The average molecular weight is 347 g/mol. The molecule has 1 atom stereocenters. The molecule has 1 aromatic rings. The molecule has 0 aromatic heterocycles. The first-order chi connectivity index (χ1) is 10.1. The number of likely N-dealkylation sites (N-methyl/N-ethyl adjacent to an activating group) is 1. The minimum Gasteiger partial charge on any atom is -0.444 e. The molecule has 0 aliphatic carbocycles. The van der Waals surface area contributed by atoms with Gasteiger partial charge in [0.15, 0.2) is 0 Å². The van der Waals surface area contributed by atoms with E-state index in [1.54, 1.807) is 24.1 Å². The smallest absolute Gasteiger partial charge is 0.410 e. The fourth-order valence-corrected chi connectivity index (χ4v) is 2.30. The highest BCUT2D eigenvalue weighted by Crippen LogP contribution is 2.25. The van der Waals surface area contributed by atoms with E-state index >= 15 is 0 Å². The number of ether oxygens (including phenoxy) is 1. The largest absolute Gasteiger partial charge is 0.444 e. The summed E-state index contributed by atoms with van der Waals surface area (Å²) in [5.74, 6) is 0. The van der Waals surface area contributed by atoms with Crippen LogP contribution in [-0.4, -0.2) is 36.7 Å². The Labute approximate surface area is 142 Å². The zero-order valence-electron chi connectivity index (χ0n) is 13.7. The molecule has 1 aromatic carbocycles. The van der Waals surface area contributed by atoms with Crippen LogP contribution in [0.25, 0.3) is 0 Å². The monoisotopic (exact) mass is 346 g/mol. The maximum absolute atomic E-state index is 11.8. The molecule has 22 heavy (non-hydrogen) atoms. The molecule has 1 amide bonds. The lowest BCUT2D eigenvalue weighted by molar-refractivity contribution is 0.0299. The highest BCUT2D eigenvalue weighted by atomic mass is 35.5. The van der Waals surface area contributed by atoms with Crippen LogP contribution in [0.2, 0.25) is 10.0 Å². The lowest BCUT2D eigenvalue weighted by atomic mass is 10.1. The van der Waals surface area contributed by atoms with E-state index in [1.807, 2.05) is 33.8 Å². The van der Waals surface area contributed by atoms with E-state index in [4.69, 9.17) is 27.9 Å². The molecule has 1 N–H and O–H groups in total. The van der Waals surface area contributed by atoms with Crippen molar-refractivity contribution in [2.75, 3.05) is 20.1 Å². The SMILES string of the molecule is CC(NCCN(C)C(=O)OC(C)(C)C)c1cc(Cl)ccc1Cl. The Morgan fingerprint density at radius 2 is 2.00 bits per heavy atom. The van der Waals surface area contributed by atoms with Crippen LogP contribution >= 0.6 is 23.2 Å². The number of nitrogens with zero attached hydrogens (tertiary/aromatic N) is 1. The standard InChI is InChI=1S/C16H24Cl2N2O2/c1-11(13-10-12(17)6-7-14(13)18)19-8-9-20(5)15(21)22-16(2,3)4/h6-7,10-11,19H,8-9H2,1-5H3. The number of carbonyl (C=O) groups excluding carboxylic acids is 1. The molecule has 0 aliphatic heterocycles. The highest BCUT2D eigenvalue weighted by Gasteiger charge is 2.19. The van der Waals surface area contributed by atoms with Gasteiger partial charge in [0.2, 0.25) is 0 Å². The van der Waals surface area contributed by atoms with Gasteiger partial charge in [-0.05, 0) is 51.5 Å². The third-order valence-electron chi connectivity index (χ3n) is 3.03. The molecule has 4 nitrogen and oxygen atoms in total. The lowest BCUT2D eigenvalue weighted by Gasteiger charge is -2.25. The third-order valence-corrected chi connectivity index (χ3v) is 3.61. The number of amides is 1. The van der Waals surface area contributed by atoms with Gasteiger partial charge in [-0.2, -0.15) is 0 Å². The van der Waals surface area contributed by atoms with Crippen molar-refractivity contribution in [3.05, 3.63) is 33.8 Å². The normalized spacial score (nSPS) is 12.9. The van der Waals surface area contributed by atoms with Crippen molar-refractivity contribution in [3.63, 3.8) is 0 Å². The van der Waals surface area contributed by atoms with Gasteiger partial charge in [-0.1, -0.05) is 23.2 Å². The van der Waals surface area contributed by atoms with E-state index in [-0.39, 0.29) is 12.1 Å². The molecule has 1 unspecified atom stereocenters. The quantitative estimate of drug-likeness (QED) is 0.852. The number of hydrogen-bond acceptors (Lipinski definition) is 3. The second-order valence-electron chi connectivity index (χ2n) is 6.24. The fraction of sp³-hybridized carbons (Fsp3) is 0.562. The highest BCUT2D eigenvalue weighted by molar-refractivity contribution is 6.33. The summed E-state index contributed by atoms with van der Waals surface area (Å²) in [6, 6.07) is 5.43. The Morgan fingerprint density at radius 1 is 1.36 bits per heavy atom. The second-order valence-corrected chi connectivity index (χ2v) is 7.09. The van der Waals surface area contributed by atoms with Crippen molar-refractivity contribution < 1.29 is 9.53 Å². The summed E-state index contributed by atoms with van der Waals surface area (Å²) < 4.78 is 5.30. The van der Waals surface area contributed by atoms with Crippen LogP contribution in [0.5, 0.6) is 0 Å². The number of halogens is 2. The number of nitrogens with one attached hydrogen (secondary N) is 1. The third kappa shape index (κ3) is 6.42. The topological polar surface area (TPSA) is 41.6 Å². The first-order valence-electron chi connectivity index (χ1n) is 7.22. The van der Waals surface area contributed by atoms with Crippen LogP contribution in [0.4, 0.5) is 4.79 Å². The first-order valence-corrected chi connectivity index (χ1v) is 7.98. The van der Waals surface area contributed by atoms with Gasteiger partial charge in [-0.3, -0.25) is 0 Å². The Kier molecular flexibility index (Phi) is 6.98. The Hall–Kier alpha value is -0.970. The number of benzene rings is 1. The zero-order valence-corrected chi connectivity index (χ0v) is 15.3. The minimum atomic E-state index is -0.486. The van der Waals surface area contributed by atoms with Crippen LogP contribution in [-0.2, 0) is 4.74 Å². The van der Waals surface area contributed by atoms with Crippen molar-refractivity contribution in [1.29, 1.82) is 0 Å².